The van der Waals surface area contributed by atoms with Crippen LogP contribution in [0.3, 0.4) is 0 Å². The lowest BCUT2D eigenvalue weighted by molar-refractivity contribution is 0.401. The molecular formula is C16H19NOS. The van der Waals surface area contributed by atoms with Crippen molar-refractivity contribution in [2.45, 2.75) is 22.8 Å². The number of rotatable bonds is 5. The van der Waals surface area contributed by atoms with Crippen LogP contribution < -0.4 is 10.1 Å². The minimum absolute atomic E-state index is 0.252. The Kier molecular flexibility index (Phi) is 4.88. The molecule has 0 aromatic heterocycles. The summed E-state index contributed by atoms with van der Waals surface area (Å²) in [5.41, 5.74) is 1.21. The third-order valence-electron chi connectivity index (χ3n) is 3.08. The Morgan fingerprint density at radius 3 is 2.42 bits per heavy atom. The highest BCUT2D eigenvalue weighted by Gasteiger charge is 2.15. The largest absolute Gasteiger partial charge is 0.496 e. The predicted molar refractivity (Wildman–Crippen MR) is 81.0 cm³/mol. The first-order chi connectivity index (χ1) is 9.26. The van der Waals surface area contributed by atoms with Gasteiger partial charge in [-0.1, -0.05) is 36.0 Å². The number of hydrogen-bond donors (Lipinski definition) is 1. The molecule has 19 heavy (non-hydrogen) atoms. The fourth-order valence-corrected chi connectivity index (χ4v) is 3.06. The van der Waals surface area contributed by atoms with E-state index in [1.807, 2.05) is 25.2 Å². The maximum absolute atomic E-state index is 5.49. The molecule has 0 aliphatic heterocycles. The van der Waals surface area contributed by atoms with E-state index >= 15 is 0 Å². The van der Waals surface area contributed by atoms with E-state index in [9.17, 15) is 0 Å². The summed E-state index contributed by atoms with van der Waals surface area (Å²) in [5, 5.41) is 3.29. The van der Waals surface area contributed by atoms with Crippen LogP contribution in [0.15, 0.2) is 58.3 Å². The van der Waals surface area contributed by atoms with E-state index in [0.717, 1.165) is 5.75 Å². The smallest absolute Gasteiger partial charge is 0.124 e. The molecule has 0 fully saturated rings. The Hall–Kier alpha value is -1.45. The van der Waals surface area contributed by atoms with Crippen molar-refractivity contribution in [3.63, 3.8) is 0 Å². The van der Waals surface area contributed by atoms with Gasteiger partial charge in [-0.15, -0.1) is 0 Å². The summed E-state index contributed by atoms with van der Waals surface area (Å²) in [7, 11) is 3.69. The van der Waals surface area contributed by atoms with E-state index in [-0.39, 0.29) is 6.04 Å². The molecule has 2 nitrogen and oxygen atoms in total. The molecule has 0 saturated heterocycles. The topological polar surface area (TPSA) is 21.3 Å². The molecular weight excluding hydrogens is 254 g/mol. The zero-order valence-corrected chi connectivity index (χ0v) is 12.3. The fourth-order valence-electron chi connectivity index (χ4n) is 1.98. The predicted octanol–water partition coefficient (Wildman–Crippen LogP) is 4.13. The van der Waals surface area contributed by atoms with E-state index in [1.165, 1.54) is 15.4 Å². The summed E-state index contributed by atoms with van der Waals surface area (Å²) in [6, 6.07) is 16.8. The quantitative estimate of drug-likeness (QED) is 0.885. The van der Waals surface area contributed by atoms with Crippen molar-refractivity contribution < 1.29 is 4.74 Å². The molecule has 0 aliphatic carbocycles. The standard InChI is InChI=1S/C16H19NOS/c1-12(17-2)16-14(18-3)10-7-11-15(16)19-13-8-5-4-6-9-13/h4-12,17H,1-3H3. The van der Waals surface area contributed by atoms with Crippen molar-refractivity contribution in [1.82, 2.24) is 5.32 Å². The number of nitrogens with one attached hydrogen (secondary N) is 1. The fraction of sp³-hybridized carbons (Fsp3) is 0.250. The number of ether oxygens (including phenoxy) is 1. The molecule has 2 aromatic rings. The molecule has 0 aliphatic rings. The lowest BCUT2D eigenvalue weighted by Crippen LogP contribution is -2.14. The van der Waals surface area contributed by atoms with Gasteiger partial charge in [-0.25, -0.2) is 0 Å². The highest BCUT2D eigenvalue weighted by atomic mass is 32.2. The summed E-state index contributed by atoms with van der Waals surface area (Å²) in [6.07, 6.45) is 0. The number of hydrogen-bond acceptors (Lipinski definition) is 3. The first-order valence-corrected chi connectivity index (χ1v) is 7.15. The Morgan fingerprint density at radius 2 is 1.79 bits per heavy atom. The van der Waals surface area contributed by atoms with Gasteiger partial charge in [0.15, 0.2) is 0 Å². The van der Waals surface area contributed by atoms with Crippen LogP contribution in [-0.4, -0.2) is 14.2 Å². The molecule has 1 N–H and O–H groups in total. The Bertz CT molecular complexity index is 528. The molecule has 0 radical (unpaired) electrons. The van der Waals surface area contributed by atoms with Crippen LogP contribution in [-0.2, 0) is 0 Å². The summed E-state index contributed by atoms with van der Waals surface area (Å²) < 4.78 is 5.49. The second kappa shape index (κ2) is 6.64. The van der Waals surface area contributed by atoms with Gasteiger partial charge in [0.2, 0.25) is 0 Å². The summed E-state index contributed by atoms with van der Waals surface area (Å²) in [4.78, 5) is 2.47. The van der Waals surface area contributed by atoms with Crippen molar-refractivity contribution in [2.24, 2.45) is 0 Å². The molecule has 2 aromatic carbocycles. The van der Waals surface area contributed by atoms with Crippen molar-refractivity contribution in [3.05, 3.63) is 54.1 Å². The molecule has 0 saturated carbocycles. The Labute approximate surface area is 119 Å². The van der Waals surface area contributed by atoms with E-state index < -0.39 is 0 Å². The van der Waals surface area contributed by atoms with E-state index in [2.05, 4.69) is 42.6 Å². The third-order valence-corrected chi connectivity index (χ3v) is 4.17. The summed E-state index contributed by atoms with van der Waals surface area (Å²) in [5.74, 6) is 0.933. The Balaban J connectivity index is 2.39. The van der Waals surface area contributed by atoms with Gasteiger partial charge < -0.3 is 10.1 Å². The number of benzene rings is 2. The lowest BCUT2D eigenvalue weighted by Gasteiger charge is -2.19. The highest BCUT2D eigenvalue weighted by molar-refractivity contribution is 7.99. The van der Waals surface area contributed by atoms with Crippen molar-refractivity contribution in [2.75, 3.05) is 14.2 Å². The second-order valence-electron chi connectivity index (χ2n) is 4.30. The molecule has 0 bridgehead atoms. The first-order valence-electron chi connectivity index (χ1n) is 6.33. The minimum Gasteiger partial charge on any atom is -0.496 e. The molecule has 1 atom stereocenters. The van der Waals surface area contributed by atoms with Gasteiger partial charge in [-0.2, -0.15) is 0 Å². The van der Waals surface area contributed by atoms with E-state index in [0.29, 0.717) is 0 Å². The second-order valence-corrected chi connectivity index (χ2v) is 5.41. The SMILES string of the molecule is CNC(C)c1c(OC)cccc1Sc1ccccc1. The van der Waals surface area contributed by atoms with Gasteiger partial charge in [0.05, 0.1) is 7.11 Å². The summed E-state index contributed by atoms with van der Waals surface area (Å²) in [6.45, 7) is 2.15. The van der Waals surface area contributed by atoms with Gasteiger partial charge >= 0.3 is 0 Å². The molecule has 0 spiro atoms. The lowest BCUT2D eigenvalue weighted by atomic mass is 10.1. The van der Waals surface area contributed by atoms with Crippen LogP contribution in [0.4, 0.5) is 0 Å². The summed E-state index contributed by atoms with van der Waals surface area (Å²) >= 11 is 1.77. The van der Waals surface area contributed by atoms with Gasteiger partial charge in [0, 0.05) is 21.4 Å². The average Bonchev–Trinajstić information content (AvgIpc) is 2.47. The molecule has 0 amide bonds. The zero-order valence-electron chi connectivity index (χ0n) is 11.5. The maximum Gasteiger partial charge on any atom is 0.124 e. The van der Waals surface area contributed by atoms with Crippen molar-refractivity contribution in [1.29, 1.82) is 0 Å². The number of methoxy groups -OCH3 is 1. The van der Waals surface area contributed by atoms with Crippen LogP contribution in [0.1, 0.15) is 18.5 Å². The van der Waals surface area contributed by atoms with Gasteiger partial charge in [0.25, 0.3) is 0 Å². The van der Waals surface area contributed by atoms with Crippen LogP contribution in [0, 0.1) is 0 Å². The van der Waals surface area contributed by atoms with Crippen LogP contribution >= 0.6 is 11.8 Å². The monoisotopic (exact) mass is 273 g/mol. The van der Waals surface area contributed by atoms with E-state index in [4.69, 9.17) is 4.74 Å². The molecule has 100 valence electrons. The molecule has 2 rings (SSSR count). The zero-order chi connectivity index (χ0) is 13.7. The van der Waals surface area contributed by atoms with Crippen LogP contribution in [0.25, 0.3) is 0 Å². The third kappa shape index (κ3) is 3.31. The molecule has 1 unspecified atom stereocenters. The average molecular weight is 273 g/mol. The van der Waals surface area contributed by atoms with Crippen LogP contribution in [0.5, 0.6) is 5.75 Å². The van der Waals surface area contributed by atoms with Gasteiger partial charge in [0.1, 0.15) is 5.75 Å². The van der Waals surface area contributed by atoms with E-state index in [1.54, 1.807) is 18.9 Å². The highest BCUT2D eigenvalue weighted by Crippen LogP contribution is 2.38. The van der Waals surface area contributed by atoms with Gasteiger partial charge in [-0.05, 0) is 38.2 Å². The van der Waals surface area contributed by atoms with Gasteiger partial charge in [-0.3, -0.25) is 0 Å². The van der Waals surface area contributed by atoms with Crippen molar-refractivity contribution in [3.8, 4) is 5.75 Å². The normalized spacial score (nSPS) is 12.2. The van der Waals surface area contributed by atoms with Crippen molar-refractivity contribution >= 4 is 11.8 Å². The maximum atomic E-state index is 5.49. The molecule has 0 heterocycles. The minimum atomic E-state index is 0.252. The van der Waals surface area contributed by atoms with Crippen LogP contribution in [0.2, 0.25) is 0 Å². The Morgan fingerprint density at radius 1 is 1.05 bits per heavy atom. The molecule has 3 heteroatoms. The first kappa shape index (κ1) is 14.0.